The molecule has 310 valence electrons. The van der Waals surface area contributed by atoms with Crippen LogP contribution in [0.4, 0.5) is 0 Å². The second-order valence-electron chi connectivity index (χ2n) is 17.1. The number of pyridine rings is 2. The molecule has 2 heterocycles. The predicted molar refractivity (Wildman–Crippen MR) is 245 cm³/mol. The Morgan fingerprint density at radius 3 is 1.20 bits per heavy atom. The van der Waals surface area contributed by atoms with Gasteiger partial charge in [-0.25, -0.2) is 4.98 Å². The molecule has 0 amide bonds. The van der Waals surface area contributed by atoms with Crippen molar-refractivity contribution < 1.29 is 0 Å². The molecule has 0 saturated heterocycles. The molecule has 0 atom stereocenters. The van der Waals surface area contributed by atoms with Crippen LogP contribution in [0.3, 0.4) is 0 Å². The Hall–Kier alpha value is -1.22. The van der Waals surface area contributed by atoms with Gasteiger partial charge in [0.15, 0.2) is 0 Å². The van der Waals surface area contributed by atoms with Gasteiger partial charge in [0.1, 0.15) is 4.60 Å². The van der Waals surface area contributed by atoms with Gasteiger partial charge < -0.3 is 0 Å². The van der Waals surface area contributed by atoms with Crippen LogP contribution in [0, 0.1) is 0 Å². The van der Waals surface area contributed by atoms with Crippen molar-refractivity contribution in [2.24, 2.45) is 0 Å². The first-order valence-electron chi connectivity index (χ1n) is 24.3. The van der Waals surface area contributed by atoms with Crippen molar-refractivity contribution >= 4 is 15.9 Å². The SMILES string of the molecule is CCCCCCCCCCCCCCCCc1cc(Br)nc(-c2cc(C(CCCCCCCCCCCC)CCCCCCCCCCCC)ccn2)c1. The summed E-state index contributed by atoms with van der Waals surface area (Å²) >= 11 is 3.75. The van der Waals surface area contributed by atoms with E-state index in [2.05, 4.69) is 67.2 Å². The highest BCUT2D eigenvalue weighted by atomic mass is 79.9. The van der Waals surface area contributed by atoms with Crippen LogP contribution in [-0.4, -0.2) is 9.97 Å². The maximum absolute atomic E-state index is 4.93. The zero-order valence-corrected chi connectivity index (χ0v) is 38.0. The fraction of sp³-hybridized carbons (Fsp3) is 0.804. The average Bonchev–Trinajstić information content (AvgIpc) is 3.18. The molecule has 2 nitrogen and oxygen atoms in total. The molecule has 2 aromatic heterocycles. The normalized spacial score (nSPS) is 11.6. The topological polar surface area (TPSA) is 25.8 Å². The van der Waals surface area contributed by atoms with Crippen molar-refractivity contribution in [1.29, 1.82) is 0 Å². The lowest BCUT2D eigenvalue weighted by Crippen LogP contribution is -2.02. The Labute approximate surface area is 346 Å². The number of hydrogen-bond donors (Lipinski definition) is 0. The van der Waals surface area contributed by atoms with Gasteiger partial charge in [-0.15, -0.1) is 0 Å². The first-order valence-corrected chi connectivity index (χ1v) is 25.1. The summed E-state index contributed by atoms with van der Waals surface area (Å²) in [5.74, 6) is 0.636. The zero-order valence-electron chi connectivity index (χ0n) is 36.4. The highest BCUT2D eigenvalue weighted by molar-refractivity contribution is 9.10. The van der Waals surface area contributed by atoms with E-state index < -0.39 is 0 Å². The molecule has 0 fully saturated rings. The molecule has 2 rings (SSSR count). The number of hydrogen-bond acceptors (Lipinski definition) is 2. The van der Waals surface area contributed by atoms with Crippen LogP contribution in [0.1, 0.15) is 269 Å². The van der Waals surface area contributed by atoms with Crippen LogP contribution in [0.15, 0.2) is 35.1 Å². The quantitative estimate of drug-likeness (QED) is 0.0497. The summed E-state index contributed by atoms with van der Waals surface area (Å²) in [6.45, 7) is 6.93. The molecule has 3 heteroatoms. The van der Waals surface area contributed by atoms with E-state index in [-0.39, 0.29) is 0 Å². The summed E-state index contributed by atoms with van der Waals surface area (Å²) in [6.07, 6.45) is 53.6. The van der Waals surface area contributed by atoms with Crippen molar-refractivity contribution in [3.8, 4) is 11.4 Å². The zero-order chi connectivity index (χ0) is 38.6. The maximum atomic E-state index is 4.93. The Bertz CT molecular complexity index is 1070. The van der Waals surface area contributed by atoms with E-state index in [0.717, 1.165) is 22.4 Å². The van der Waals surface area contributed by atoms with E-state index >= 15 is 0 Å². The summed E-state index contributed by atoms with van der Waals surface area (Å²) in [4.78, 5) is 9.81. The van der Waals surface area contributed by atoms with Gasteiger partial charge in [0.2, 0.25) is 0 Å². The molecule has 0 aliphatic carbocycles. The molecular weight excluding hydrogens is 720 g/mol. The summed E-state index contributed by atoms with van der Waals surface area (Å²) < 4.78 is 0.944. The summed E-state index contributed by atoms with van der Waals surface area (Å²) in [5, 5.41) is 0. The Balaban J connectivity index is 1.82. The largest absolute Gasteiger partial charge is 0.255 e. The van der Waals surface area contributed by atoms with Crippen LogP contribution in [0.5, 0.6) is 0 Å². The Morgan fingerprint density at radius 1 is 0.426 bits per heavy atom. The van der Waals surface area contributed by atoms with Gasteiger partial charge in [-0.1, -0.05) is 233 Å². The molecule has 0 aliphatic heterocycles. The fourth-order valence-corrected chi connectivity index (χ4v) is 8.91. The number of halogens is 1. The van der Waals surface area contributed by atoms with Gasteiger partial charge in [0.25, 0.3) is 0 Å². The van der Waals surface area contributed by atoms with Gasteiger partial charge in [-0.2, -0.15) is 0 Å². The van der Waals surface area contributed by atoms with Gasteiger partial charge in [-0.3, -0.25) is 4.98 Å². The van der Waals surface area contributed by atoms with E-state index in [0.29, 0.717) is 5.92 Å². The number of unbranched alkanes of at least 4 members (excludes halogenated alkanes) is 31. The molecule has 0 bridgehead atoms. The van der Waals surface area contributed by atoms with Crippen molar-refractivity contribution in [3.05, 3.63) is 46.2 Å². The molecule has 0 N–H and O–H groups in total. The highest BCUT2D eigenvalue weighted by Crippen LogP contribution is 2.31. The van der Waals surface area contributed by atoms with Crippen molar-refractivity contribution in [2.75, 3.05) is 0 Å². The van der Waals surface area contributed by atoms with Gasteiger partial charge >= 0.3 is 0 Å². The van der Waals surface area contributed by atoms with E-state index in [1.54, 1.807) is 0 Å². The van der Waals surface area contributed by atoms with E-state index in [9.17, 15) is 0 Å². The molecule has 2 aromatic rings. The van der Waals surface area contributed by atoms with Crippen LogP contribution < -0.4 is 0 Å². The predicted octanol–water partition coefficient (Wildman–Crippen LogP) is 18.6. The first-order chi connectivity index (χ1) is 26.7. The lowest BCUT2D eigenvalue weighted by Gasteiger charge is -2.18. The van der Waals surface area contributed by atoms with Crippen molar-refractivity contribution in [2.45, 2.75) is 264 Å². The third-order valence-electron chi connectivity index (χ3n) is 12.0. The molecule has 0 unspecified atom stereocenters. The second-order valence-corrected chi connectivity index (χ2v) is 18.0. The highest BCUT2D eigenvalue weighted by Gasteiger charge is 2.14. The van der Waals surface area contributed by atoms with Crippen LogP contribution in [0.25, 0.3) is 11.4 Å². The third-order valence-corrected chi connectivity index (χ3v) is 12.4. The molecule has 0 radical (unpaired) electrons. The standard InChI is InChI=1S/C51H89BrN2/c1-4-7-10-13-16-19-22-23-24-25-26-29-32-35-38-46-43-50(54-51(52)44-46)49-45-48(41-42-53-49)47(39-36-33-30-27-20-17-14-11-8-5-2)40-37-34-31-28-21-18-15-12-9-6-3/h41-45,47H,4-40H2,1-3H3. The number of aryl methyl sites for hydroxylation is 1. The fourth-order valence-electron chi connectivity index (χ4n) is 8.42. The molecule has 54 heavy (non-hydrogen) atoms. The number of rotatable bonds is 39. The third kappa shape index (κ3) is 26.6. The molecule has 0 spiro atoms. The minimum Gasteiger partial charge on any atom is -0.255 e. The average molecular weight is 810 g/mol. The van der Waals surface area contributed by atoms with Crippen LogP contribution in [-0.2, 0) is 6.42 Å². The number of nitrogens with zero attached hydrogens (tertiary/aromatic N) is 2. The van der Waals surface area contributed by atoms with Crippen molar-refractivity contribution in [1.82, 2.24) is 9.97 Å². The van der Waals surface area contributed by atoms with Crippen molar-refractivity contribution in [3.63, 3.8) is 0 Å². The summed E-state index contributed by atoms with van der Waals surface area (Å²) in [6, 6.07) is 9.25. The van der Waals surface area contributed by atoms with Crippen LogP contribution in [0.2, 0.25) is 0 Å². The van der Waals surface area contributed by atoms with Gasteiger partial charge in [0, 0.05) is 6.20 Å². The lowest BCUT2D eigenvalue weighted by atomic mass is 9.88. The minimum atomic E-state index is 0.636. The van der Waals surface area contributed by atoms with Gasteiger partial charge in [0.05, 0.1) is 11.4 Å². The molecule has 0 saturated carbocycles. The van der Waals surface area contributed by atoms with Crippen LogP contribution >= 0.6 is 15.9 Å². The maximum Gasteiger partial charge on any atom is 0.107 e. The van der Waals surface area contributed by atoms with E-state index in [1.807, 2.05) is 0 Å². The Kier molecular flexibility index (Phi) is 32.7. The van der Waals surface area contributed by atoms with E-state index in [4.69, 9.17) is 9.97 Å². The first kappa shape index (κ1) is 48.9. The van der Waals surface area contributed by atoms with E-state index in [1.165, 1.54) is 242 Å². The Morgan fingerprint density at radius 2 is 0.796 bits per heavy atom. The minimum absolute atomic E-state index is 0.636. The lowest BCUT2D eigenvalue weighted by molar-refractivity contribution is 0.481. The summed E-state index contributed by atoms with van der Waals surface area (Å²) in [7, 11) is 0. The van der Waals surface area contributed by atoms with Gasteiger partial charge in [-0.05, 0) is 82.9 Å². The smallest absolute Gasteiger partial charge is 0.107 e. The molecular formula is C51H89BrN2. The molecule has 0 aromatic carbocycles. The monoisotopic (exact) mass is 809 g/mol. The number of aromatic nitrogens is 2. The summed E-state index contributed by atoms with van der Waals surface area (Å²) in [5.41, 5.74) is 4.96. The molecule has 0 aliphatic rings. The second kappa shape index (κ2) is 36.1.